The number of piperazine rings is 1. The van der Waals surface area contributed by atoms with Crippen molar-refractivity contribution in [3.05, 3.63) is 48.3 Å². The monoisotopic (exact) mass is 337 g/mol. The van der Waals surface area contributed by atoms with E-state index in [-0.39, 0.29) is 5.91 Å². The summed E-state index contributed by atoms with van der Waals surface area (Å²) in [7, 11) is 0. The van der Waals surface area contributed by atoms with Gasteiger partial charge in [0.1, 0.15) is 5.75 Å². The maximum Gasteiger partial charge on any atom is 0.263 e. The zero-order chi connectivity index (χ0) is 17.6. The number of aromatic nitrogens is 2. The molecule has 1 aliphatic heterocycles. The number of amides is 1. The van der Waals surface area contributed by atoms with Crippen LogP contribution in [0.25, 0.3) is 0 Å². The smallest absolute Gasteiger partial charge is 0.263 e. The highest BCUT2D eigenvalue weighted by molar-refractivity contribution is 5.81. The molecule has 1 fully saturated rings. The summed E-state index contributed by atoms with van der Waals surface area (Å²) in [4.78, 5) is 24.9. The average Bonchev–Trinajstić information content (AvgIpc) is 2.69. The van der Waals surface area contributed by atoms with Crippen molar-refractivity contribution in [2.45, 2.75) is 13.0 Å². The molecule has 0 unspecified atom stereocenters. The van der Waals surface area contributed by atoms with E-state index < -0.39 is 6.10 Å². The van der Waals surface area contributed by atoms with Crippen LogP contribution in [0, 0.1) is 11.3 Å². The number of carbonyl (C=O) groups excluding carboxylic acids is 1. The number of rotatable bonds is 4. The Morgan fingerprint density at radius 2 is 1.80 bits per heavy atom. The summed E-state index contributed by atoms with van der Waals surface area (Å²) in [5.41, 5.74) is 0.561. The lowest BCUT2D eigenvalue weighted by Crippen LogP contribution is -2.52. The average molecular weight is 337 g/mol. The van der Waals surface area contributed by atoms with Crippen molar-refractivity contribution in [1.82, 2.24) is 14.9 Å². The van der Waals surface area contributed by atoms with Gasteiger partial charge in [-0.25, -0.2) is 9.97 Å². The molecule has 1 aliphatic rings. The lowest BCUT2D eigenvalue weighted by Gasteiger charge is -2.35. The van der Waals surface area contributed by atoms with E-state index in [1.54, 1.807) is 54.5 Å². The van der Waals surface area contributed by atoms with Crippen molar-refractivity contribution in [2.24, 2.45) is 0 Å². The lowest BCUT2D eigenvalue weighted by molar-refractivity contribution is -0.138. The fourth-order valence-corrected chi connectivity index (χ4v) is 2.70. The Morgan fingerprint density at radius 3 is 2.40 bits per heavy atom. The van der Waals surface area contributed by atoms with Gasteiger partial charge in [0.05, 0.1) is 11.6 Å². The molecular formula is C18H19N5O2. The Morgan fingerprint density at radius 1 is 1.16 bits per heavy atom. The highest BCUT2D eigenvalue weighted by Crippen LogP contribution is 2.16. The summed E-state index contributed by atoms with van der Waals surface area (Å²) >= 11 is 0. The molecule has 1 atom stereocenters. The first-order chi connectivity index (χ1) is 12.2. The second-order valence-corrected chi connectivity index (χ2v) is 5.76. The number of carbonyl (C=O) groups is 1. The molecule has 0 aliphatic carbocycles. The number of hydrogen-bond donors (Lipinski definition) is 0. The SMILES string of the molecule is C[C@H](Oc1ccc(C#N)cc1)C(=O)N1CCN(c2ncccn2)CC1. The number of nitriles is 1. The largest absolute Gasteiger partial charge is 0.481 e. The van der Waals surface area contributed by atoms with E-state index in [0.717, 1.165) is 0 Å². The number of anilines is 1. The van der Waals surface area contributed by atoms with Crippen molar-refractivity contribution in [3.8, 4) is 11.8 Å². The van der Waals surface area contributed by atoms with Crippen LogP contribution < -0.4 is 9.64 Å². The molecule has 0 spiro atoms. The van der Waals surface area contributed by atoms with Gasteiger partial charge in [-0.1, -0.05) is 0 Å². The van der Waals surface area contributed by atoms with Crippen LogP contribution in [-0.4, -0.2) is 53.1 Å². The van der Waals surface area contributed by atoms with Crippen molar-refractivity contribution in [2.75, 3.05) is 31.1 Å². The van der Waals surface area contributed by atoms with Gasteiger partial charge < -0.3 is 14.5 Å². The second-order valence-electron chi connectivity index (χ2n) is 5.76. The van der Waals surface area contributed by atoms with Gasteiger partial charge in [-0.05, 0) is 37.3 Å². The molecule has 25 heavy (non-hydrogen) atoms. The molecule has 1 amide bonds. The molecule has 1 aromatic carbocycles. The van der Waals surface area contributed by atoms with Crippen LogP contribution in [0.3, 0.4) is 0 Å². The predicted molar refractivity (Wildman–Crippen MR) is 92.1 cm³/mol. The fraction of sp³-hybridized carbons (Fsp3) is 0.333. The van der Waals surface area contributed by atoms with Crippen molar-refractivity contribution in [3.63, 3.8) is 0 Å². The summed E-state index contributed by atoms with van der Waals surface area (Å²) in [6.07, 6.45) is 2.85. The maximum atomic E-state index is 12.6. The van der Waals surface area contributed by atoms with Crippen LogP contribution in [0.1, 0.15) is 12.5 Å². The molecule has 0 radical (unpaired) electrons. The van der Waals surface area contributed by atoms with Crippen LogP contribution in [0.2, 0.25) is 0 Å². The minimum atomic E-state index is -0.576. The van der Waals surface area contributed by atoms with Crippen molar-refractivity contribution < 1.29 is 9.53 Å². The van der Waals surface area contributed by atoms with E-state index >= 15 is 0 Å². The van der Waals surface area contributed by atoms with E-state index in [1.165, 1.54) is 0 Å². The molecular weight excluding hydrogens is 318 g/mol. The quantitative estimate of drug-likeness (QED) is 0.840. The summed E-state index contributed by atoms with van der Waals surface area (Å²) in [5, 5.41) is 8.81. The van der Waals surface area contributed by atoms with E-state index in [4.69, 9.17) is 10.00 Å². The van der Waals surface area contributed by atoms with Crippen LogP contribution in [-0.2, 0) is 4.79 Å². The first-order valence-electron chi connectivity index (χ1n) is 8.15. The fourth-order valence-electron chi connectivity index (χ4n) is 2.70. The first kappa shape index (κ1) is 16.7. The number of ether oxygens (including phenoxy) is 1. The van der Waals surface area contributed by atoms with Gasteiger partial charge in [-0.3, -0.25) is 4.79 Å². The molecule has 128 valence electrons. The third kappa shape index (κ3) is 4.04. The molecule has 0 bridgehead atoms. The molecule has 3 rings (SSSR count). The molecule has 7 heteroatoms. The second kappa shape index (κ2) is 7.62. The summed E-state index contributed by atoms with van der Waals surface area (Å²) < 4.78 is 5.70. The van der Waals surface area contributed by atoms with E-state index in [1.807, 2.05) is 0 Å². The summed E-state index contributed by atoms with van der Waals surface area (Å²) in [6, 6.07) is 10.6. The van der Waals surface area contributed by atoms with E-state index in [0.29, 0.717) is 43.4 Å². The molecule has 2 heterocycles. The van der Waals surface area contributed by atoms with Gasteiger partial charge in [0.15, 0.2) is 6.10 Å². The Kier molecular flexibility index (Phi) is 5.09. The highest BCUT2D eigenvalue weighted by atomic mass is 16.5. The Labute approximate surface area is 146 Å². The lowest BCUT2D eigenvalue weighted by atomic mass is 10.2. The zero-order valence-electron chi connectivity index (χ0n) is 14.0. The van der Waals surface area contributed by atoms with Crippen LogP contribution in [0.15, 0.2) is 42.7 Å². The third-order valence-corrected chi connectivity index (χ3v) is 4.07. The predicted octanol–water partition coefficient (Wildman–Crippen LogP) is 1.46. The topological polar surface area (TPSA) is 82.4 Å². The van der Waals surface area contributed by atoms with Crippen LogP contribution in [0.4, 0.5) is 5.95 Å². The van der Waals surface area contributed by atoms with Crippen LogP contribution in [0.5, 0.6) is 5.75 Å². The van der Waals surface area contributed by atoms with Crippen LogP contribution >= 0.6 is 0 Å². The summed E-state index contributed by atoms with van der Waals surface area (Å²) in [6.45, 7) is 4.35. The van der Waals surface area contributed by atoms with Gasteiger partial charge in [-0.2, -0.15) is 5.26 Å². The zero-order valence-corrected chi connectivity index (χ0v) is 14.0. The van der Waals surface area contributed by atoms with Crippen molar-refractivity contribution in [1.29, 1.82) is 5.26 Å². The molecule has 0 N–H and O–H groups in total. The molecule has 2 aromatic rings. The van der Waals surface area contributed by atoms with Gasteiger partial charge in [0.25, 0.3) is 5.91 Å². The van der Waals surface area contributed by atoms with Gasteiger partial charge in [0, 0.05) is 38.6 Å². The van der Waals surface area contributed by atoms with E-state index in [2.05, 4.69) is 20.9 Å². The first-order valence-corrected chi connectivity index (χ1v) is 8.15. The molecule has 1 aromatic heterocycles. The minimum absolute atomic E-state index is 0.0435. The molecule has 0 saturated carbocycles. The molecule has 7 nitrogen and oxygen atoms in total. The summed E-state index contributed by atoms with van der Waals surface area (Å²) in [5.74, 6) is 1.23. The number of nitrogens with zero attached hydrogens (tertiary/aromatic N) is 5. The van der Waals surface area contributed by atoms with Gasteiger partial charge >= 0.3 is 0 Å². The Bertz CT molecular complexity index is 749. The highest BCUT2D eigenvalue weighted by Gasteiger charge is 2.26. The maximum absolute atomic E-state index is 12.6. The van der Waals surface area contributed by atoms with Gasteiger partial charge in [0.2, 0.25) is 5.95 Å². The Hall–Kier alpha value is -3.14. The standard InChI is InChI=1S/C18H19N5O2/c1-14(25-16-5-3-15(13-19)4-6-16)17(24)22-9-11-23(12-10-22)18-20-7-2-8-21-18/h2-8,14H,9-12H2,1H3/t14-/m0/s1. The molecule has 1 saturated heterocycles. The minimum Gasteiger partial charge on any atom is -0.481 e. The number of benzene rings is 1. The Balaban J connectivity index is 1.54. The van der Waals surface area contributed by atoms with Crippen molar-refractivity contribution >= 4 is 11.9 Å². The van der Waals surface area contributed by atoms with E-state index in [9.17, 15) is 4.79 Å². The third-order valence-electron chi connectivity index (χ3n) is 4.07. The normalized spacial score (nSPS) is 15.4. The number of hydrogen-bond acceptors (Lipinski definition) is 6. The van der Waals surface area contributed by atoms with Gasteiger partial charge in [-0.15, -0.1) is 0 Å².